The minimum absolute atomic E-state index is 0. The smallest absolute Gasteiger partial charge is 0.241 e. The minimum Gasteiger partial charge on any atom is -0.356 e. The number of guanidine groups is 1. The van der Waals surface area contributed by atoms with Gasteiger partial charge in [0.15, 0.2) is 5.96 Å². The zero-order chi connectivity index (χ0) is 18.9. The zero-order valence-electron chi connectivity index (χ0n) is 16.4. The number of nitrogens with one attached hydrogen (secondary N) is 2. The van der Waals surface area contributed by atoms with Gasteiger partial charge in [-0.25, -0.2) is 4.99 Å². The highest BCUT2D eigenvalue weighted by Crippen LogP contribution is 2.22. The highest BCUT2D eigenvalue weighted by atomic mass is 127. The molecule has 0 radical (unpaired) electrons. The molecular formula is C19H29IN6O. The van der Waals surface area contributed by atoms with E-state index in [2.05, 4.69) is 27.6 Å². The van der Waals surface area contributed by atoms with Crippen LogP contribution >= 0.6 is 24.0 Å². The van der Waals surface area contributed by atoms with Crippen molar-refractivity contribution in [3.8, 4) is 11.3 Å². The van der Waals surface area contributed by atoms with E-state index in [-0.39, 0.29) is 36.4 Å². The van der Waals surface area contributed by atoms with E-state index in [0.717, 1.165) is 29.8 Å². The number of rotatable bonds is 7. The lowest BCUT2D eigenvalue weighted by molar-refractivity contribution is -0.127. The van der Waals surface area contributed by atoms with Crippen LogP contribution in [0, 0.1) is 0 Å². The lowest BCUT2D eigenvalue weighted by atomic mass is 10.1. The Kier molecular flexibility index (Phi) is 9.84. The first-order valence-electron chi connectivity index (χ1n) is 8.81. The Balaban J connectivity index is 0.00000364. The average Bonchev–Trinajstić information content (AvgIpc) is 3.02. The second-order valence-corrected chi connectivity index (χ2v) is 6.28. The van der Waals surface area contributed by atoms with Crippen LogP contribution in [-0.2, 0) is 18.4 Å². The van der Waals surface area contributed by atoms with E-state index < -0.39 is 0 Å². The molecule has 2 N–H and O–H groups in total. The SMILES string of the molecule is CCCNC(=NCc1cn(C)nc1-c1ccccc1)NCC(=O)N(C)C.I. The maximum atomic E-state index is 11.8. The average molecular weight is 484 g/mol. The van der Waals surface area contributed by atoms with E-state index >= 15 is 0 Å². The predicted octanol–water partition coefficient (Wildman–Crippen LogP) is 2.24. The molecule has 0 bridgehead atoms. The van der Waals surface area contributed by atoms with Gasteiger partial charge in [0.25, 0.3) is 0 Å². The quantitative estimate of drug-likeness (QED) is 0.359. The topological polar surface area (TPSA) is 74.5 Å². The van der Waals surface area contributed by atoms with E-state index in [1.165, 1.54) is 0 Å². The monoisotopic (exact) mass is 484 g/mol. The van der Waals surface area contributed by atoms with Crippen molar-refractivity contribution < 1.29 is 4.79 Å². The molecule has 0 fully saturated rings. The van der Waals surface area contributed by atoms with Crippen molar-refractivity contribution in [2.45, 2.75) is 19.9 Å². The number of carbonyl (C=O) groups is 1. The Labute approximate surface area is 178 Å². The first-order valence-corrected chi connectivity index (χ1v) is 8.81. The molecule has 0 aliphatic rings. The van der Waals surface area contributed by atoms with E-state index in [1.807, 2.05) is 43.6 Å². The fourth-order valence-corrected chi connectivity index (χ4v) is 2.39. The molecule has 0 saturated heterocycles. The number of benzene rings is 1. The number of amides is 1. The summed E-state index contributed by atoms with van der Waals surface area (Å²) in [5.41, 5.74) is 3.03. The number of hydrogen-bond donors (Lipinski definition) is 2. The van der Waals surface area contributed by atoms with Gasteiger partial charge in [0, 0.05) is 45.0 Å². The summed E-state index contributed by atoms with van der Waals surface area (Å²) < 4.78 is 1.80. The van der Waals surface area contributed by atoms with Crippen LogP contribution in [0.4, 0.5) is 0 Å². The molecule has 8 heteroatoms. The van der Waals surface area contributed by atoms with Crippen LogP contribution in [0.5, 0.6) is 0 Å². The zero-order valence-corrected chi connectivity index (χ0v) is 18.7. The summed E-state index contributed by atoms with van der Waals surface area (Å²) in [6, 6.07) is 10.1. The van der Waals surface area contributed by atoms with Crippen LogP contribution in [0.3, 0.4) is 0 Å². The highest BCUT2D eigenvalue weighted by Gasteiger charge is 2.10. The second-order valence-electron chi connectivity index (χ2n) is 6.28. The molecule has 0 spiro atoms. The Morgan fingerprint density at radius 2 is 1.93 bits per heavy atom. The number of halogens is 1. The van der Waals surface area contributed by atoms with Crippen molar-refractivity contribution in [2.75, 3.05) is 27.2 Å². The van der Waals surface area contributed by atoms with Crippen molar-refractivity contribution >= 4 is 35.8 Å². The lowest BCUT2D eigenvalue weighted by Gasteiger charge is -2.14. The number of aromatic nitrogens is 2. The third kappa shape index (κ3) is 7.20. The molecule has 0 aliphatic carbocycles. The van der Waals surface area contributed by atoms with Crippen molar-refractivity contribution in [1.29, 1.82) is 0 Å². The molecule has 1 aromatic carbocycles. The van der Waals surface area contributed by atoms with Crippen LogP contribution < -0.4 is 10.6 Å². The van der Waals surface area contributed by atoms with E-state index in [0.29, 0.717) is 12.5 Å². The number of carbonyl (C=O) groups excluding carboxylic acids is 1. The highest BCUT2D eigenvalue weighted by molar-refractivity contribution is 14.0. The summed E-state index contributed by atoms with van der Waals surface area (Å²) in [5.74, 6) is 0.632. The molecule has 7 nitrogen and oxygen atoms in total. The van der Waals surface area contributed by atoms with Gasteiger partial charge in [-0.2, -0.15) is 5.10 Å². The van der Waals surface area contributed by atoms with Crippen LogP contribution in [0.2, 0.25) is 0 Å². The van der Waals surface area contributed by atoms with Gasteiger partial charge in [0.1, 0.15) is 0 Å². The van der Waals surface area contributed by atoms with Gasteiger partial charge in [0.2, 0.25) is 5.91 Å². The maximum absolute atomic E-state index is 11.8. The molecule has 2 aromatic rings. The normalized spacial score (nSPS) is 10.9. The standard InChI is InChI=1S/C19H28N6O.HI/c1-5-11-20-19(22-13-17(26)24(2)3)21-12-16-14-25(4)23-18(16)15-9-7-6-8-10-15;/h6-10,14H,5,11-13H2,1-4H3,(H2,20,21,22);1H. The van der Waals surface area contributed by atoms with Crippen LogP contribution in [0.1, 0.15) is 18.9 Å². The third-order valence-electron chi connectivity index (χ3n) is 3.81. The van der Waals surface area contributed by atoms with Gasteiger partial charge >= 0.3 is 0 Å². The first kappa shape index (κ1) is 22.9. The molecular weight excluding hydrogens is 455 g/mol. The summed E-state index contributed by atoms with van der Waals surface area (Å²) in [7, 11) is 5.38. The summed E-state index contributed by atoms with van der Waals surface area (Å²) in [6.07, 6.45) is 2.96. The fraction of sp³-hybridized carbons (Fsp3) is 0.421. The van der Waals surface area contributed by atoms with Crippen LogP contribution in [0.25, 0.3) is 11.3 Å². The third-order valence-corrected chi connectivity index (χ3v) is 3.81. The van der Waals surface area contributed by atoms with Crippen LogP contribution in [-0.4, -0.2) is 53.7 Å². The summed E-state index contributed by atoms with van der Waals surface area (Å²) in [5, 5.41) is 10.9. The van der Waals surface area contributed by atoms with Gasteiger partial charge in [-0.15, -0.1) is 24.0 Å². The van der Waals surface area contributed by atoms with Crippen molar-refractivity contribution in [2.24, 2.45) is 12.0 Å². The molecule has 1 aromatic heterocycles. The van der Waals surface area contributed by atoms with Crippen molar-refractivity contribution in [1.82, 2.24) is 25.3 Å². The Bertz CT molecular complexity index is 742. The molecule has 148 valence electrons. The van der Waals surface area contributed by atoms with Gasteiger partial charge in [-0.3, -0.25) is 9.48 Å². The molecule has 2 rings (SSSR count). The maximum Gasteiger partial charge on any atom is 0.241 e. The van der Waals surface area contributed by atoms with Crippen molar-refractivity contribution in [3.63, 3.8) is 0 Å². The first-order chi connectivity index (χ1) is 12.5. The summed E-state index contributed by atoms with van der Waals surface area (Å²) in [6.45, 7) is 3.57. The molecule has 0 atom stereocenters. The number of likely N-dealkylation sites (N-methyl/N-ethyl adjacent to an activating group) is 1. The molecule has 27 heavy (non-hydrogen) atoms. The Hall–Kier alpha value is -2.10. The summed E-state index contributed by atoms with van der Waals surface area (Å²) in [4.78, 5) is 18.0. The van der Waals surface area contributed by atoms with Gasteiger partial charge in [0.05, 0.1) is 18.8 Å². The number of aryl methyl sites for hydroxylation is 1. The van der Waals surface area contributed by atoms with Crippen molar-refractivity contribution in [3.05, 3.63) is 42.1 Å². The molecule has 0 aliphatic heterocycles. The van der Waals surface area contributed by atoms with Gasteiger partial charge in [-0.1, -0.05) is 37.3 Å². The minimum atomic E-state index is 0. The van der Waals surface area contributed by atoms with E-state index in [9.17, 15) is 4.79 Å². The predicted molar refractivity (Wildman–Crippen MR) is 120 cm³/mol. The van der Waals surface area contributed by atoms with E-state index in [1.54, 1.807) is 23.7 Å². The summed E-state index contributed by atoms with van der Waals surface area (Å²) >= 11 is 0. The molecule has 0 saturated carbocycles. The van der Waals surface area contributed by atoms with Crippen LogP contribution in [0.15, 0.2) is 41.5 Å². The Morgan fingerprint density at radius 1 is 1.22 bits per heavy atom. The lowest BCUT2D eigenvalue weighted by Crippen LogP contribution is -2.43. The number of aliphatic imine (C=N–C) groups is 1. The van der Waals surface area contributed by atoms with Gasteiger partial charge in [-0.05, 0) is 6.42 Å². The number of hydrogen-bond acceptors (Lipinski definition) is 3. The Morgan fingerprint density at radius 3 is 2.56 bits per heavy atom. The molecule has 0 unspecified atom stereocenters. The van der Waals surface area contributed by atoms with Gasteiger partial charge < -0.3 is 15.5 Å². The largest absolute Gasteiger partial charge is 0.356 e. The molecule has 1 amide bonds. The number of nitrogens with zero attached hydrogens (tertiary/aromatic N) is 4. The van der Waals surface area contributed by atoms with E-state index in [4.69, 9.17) is 0 Å². The fourth-order valence-electron chi connectivity index (χ4n) is 2.39. The second kappa shape index (κ2) is 11.6. The molecule has 1 heterocycles.